The number of aryl methyl sites for hydroxylation is 1. The zero-order valence-electron chi connectivity index (χ0n) is 12.7. The van der Waals surface area contributed by atoms with Gasteiger partial charge in [0.1, 0.15) is 0 Å². The van der Waals surface area contributed by atoms with Crippen LogP contribution >= 0.6 is 0 Å². The van der Waals surface area contributed by atoms with Crippen LogP contribution in [-0.2, 0) is 11.3 Å². The average molecular weight is 283 g/mol. The quantitative estimate of drug-likeness (QED) is 0.910. The summed E-state index contributed by atoms with van der Waals surface area (Å²) in [5, 5.41) is 3.02. The van der Waals surface area contributed by atoms with Gasteiger partial charge in [-0.25, -0.2) is 0 Å². The van der Waals surface area contributed by atoms with Gasteiger partial charge in [0.05, 0.1) is 12.6 Å². The van der Waals surface area contributed by atoms with Crippen LogP contribution in [0.4, 0.5) is 0 Å². The zero-order chi connectivity index (χ0) is 15.2. The van der Waals surface area contributed by atoms with Crippen LogP contribution in [0.1, 0.15) is 40.0 Å². The van der Waals surface area contributed by atoms with E-state index in [1.54, 1.807) is 7.11 Å². The maximum absolute atomic E-state index is 12.3. The lowest BCUT2D eigenvalue weighted by Crippen LogP contribution is -2.26. The van der Waals surface area contributed by atoms with Gasteiger partial charge in [0.15, 0.2) is 0 Å². The molecule has 3 nitrogen and oxygen atoms in total. The Kier molecular flexibility index (Phi) is 5.12. The molecule has 0 bridgehead atoms. The molecule has 110 valence electrons. The molecular formula is C18H21NO2. The van der Waals surface area contributed by atoms with Gasteiger partial charge in [0.25, 0.3) is 5.91 Å². The molecule has 2 aromatic carbocycles. The van der Waals surface area contributed by atoms with E-state index in [1.807, 2.05) is 50.2 Å². The van der Waals surface area contributed by atoms with Crippen LogP contribution in [0.25, 0.3) is 0 Å². The van der Waals surface area contributed by atoms with E-state index in [0.29, 0.717) is 12.2 Å². The monoisotopic (exact) mass is 283 g/mol. The SMILES string of the molecule is COCc1cccc(C(=O)NC(C)c2ccc(C)cc2)c1. The second-order valence-electron chi connectivity index (χ2n) is 5.24. The topological polar surface area (TPSA) is 38.3 Å². The van der Waals surface area contributed by atoms with Gasteiger partial charge in [0.2, 0.25) is 0 Å². The number of hydrogen-bond acceptors (Lipinski definition) is 2. The van der Waals surface area contributed by atoms with Crippen LogP contribution < -0.4 is 5.32 Å². The van der Waals surface area contributed by atoms with Crippen LogP contribution in [0.5, 0.6) is 0 Å². The average Bonchev–Trinajstić information content (AvgIpc) is 2.48. The minimum Gasteiger partial charge on any atom is -0.380 e. The molecule has 1 amide bonds. The van der Waals surface area contributed by atoms with Crippen LogP contribution in [0.15, 0.2) is 48.5 Å². The normalized spacial score (nSPS) is 12.0. The highest BCUT2D eigenvalue weighted by molar-refractivity contribution is 5.94. The fraction of sp³-hybridized carbons (Fsp3) is 0.278. The third-order valence-corrected chi connectivity index (χ3v) is 3.43. The molecule has 0 heterocycles. The minimum atomic E-state index is -0.0685. The number of carbonyl (C=O) groups is 1. The van der Waals surface area contributed by atoms with Crippen molar-refractivity contribution in [1.82, 2.24) is 5.32 Å². The van der Waals surface area contributed by atoms with Crippen LogP contribution in [0, 0.1) is 6.92 Å². The molecule has 1 N–H and O–H groups in total. The molecule has 0 aliphatic carbocycles. The van der Waals surface area contributed by atoms with E-state index in [9.17, 15) is 4.79 Å². The first-order valence-corrected chi connectivity index (χ1v) is 7.05. The lowest BCUT2D eigenvalue weighted by atomic mass is 10.1. The fourth-order valence-electron chi connectivity index (χ4n) is 2.19. The third-order valence-electron chi connectivity index (χ3n) is 3.43. The molecule has 0 aromatic heterocycles. The summed E-state index contributed by atoms with van der Waals surface area (Å²) in [5.74, 6) is -0.0685. The standard InChI is InChI=1S/C18H21NO2/c1-13-7-9-16(10-8-13)14(2)19-18(20)17-6-4-5-15(11-17)12-21-3/h4-11,14H,12H2,1-3H3,(H,19,20). The van der Waals surface area contributed by atoms with Crippen molar-refractivity contribution in [3.8, 4) is 0 Å². The van der Waals surface area contributed by atoms with Gasteiger partial charge in [-0.1, -0.05) is 42.0 Å². The number of hydrogen-bond donors (Lipinski definition) is 1. The van der Waals surface area contributed by atoms with Crippen LogP contribution in [0.2, 0.25) is 0 Å². The zero-order valence-corrected chi connectivity index (χ0v) is 12.7. The van der Waals surface area contributed by atoms with Crippen molar-refractivity contribution < 1.29 is 9.53 Å². The maximum Gasteiger partial charge on any atom is 0.251 e. The van der Waals surface area contributed by atoms with E-state index < -0.39 is 0 Å². The molecule has 0 radical (unpaired) electrons. The van der Waals surface area contributed by atoms with Crippen molar-refractivity contribution in [1.29, 1.82) is 0 Å². The predicted octanol–water partition coefficient (Wildman–Crippen LogP) is 3.63. The summed E-state index contributed by atoms with van der Waals surface area (Å²) < 4.78 is 5.09. The largest absolute Gasteiger partial charge is 0.380 e. The molecule has 2 aromatic rings. The third kappa shape index (κ3) is 4.17. The first-order chi connectivity index (χ1) is 10.1. The smallest absolute Gasteiger partial charge is 0.251 e. The van der Waals surface area contributed by atoms with Crippen molar-refractivity contribution in [3.05, 3.63) is 70.8 Å². The molecule has 1 atom stereocenters. The van der Waals surface area contributed by atoms with Crippen molar-refractivity contribution >= 4 is 5.91 Å². The van der Waals surface area contributed by atoms with E-state index in [-0.39, 0.29) is 11.9 Å². The number of rotatable bonds is 5. The molecule has 0 aliphatic rings. The summed E-state index contributed by atoms with van der Waals surface area (Å²) in [7, 11) is 1.65. The summed E-state index contributed by atoms with van der Waals surface area (Å²) in [6.07, 6.45) is 0. The lowest BCUT2D eigenvalue weighted by molar-refractivity contribution is 0.0939. The molecule has 1 unspecified atom stereocenters. The van der Waals surface area contributed by atoms with Gasteiger partial charge in [-0.05, 0) is 37.1 Å². The Labute approximate surface area is 126 Å². The van der Waals surface area contributed by atoms with E-state index in [4.69, 9.17) is 4.74 Å². The number of nitrogens with one attached hydrogen (secondary N) is 1. The van der Waals surface area contributed by atoms with Crippen molar-refractivity contribution in [3.63, 3.8) is 0 Å². The maximum atomic E-state index is 12.3. The van der Waals surface area contributed by atoms with Gasteiger partial charge >= 0.3 is 0 Å². The first kappa shape index (κ1) is 15.3. The number of ether oxygens (including phenoxy) is 1. The molecule has 2 rings (SSSR count). The van der Waals surface area contributed by atoms with E-state index in [0.717, 1.165) is 11.1 Å². The Morgan fingerprint density at radius 1 is 1.19 bits per heavy atom. The first-order valence-electron chi connectivity index (χ1n) is 7.05. The molecule has 0 aliphatic heterocycles. The van der Waals surface area contributed by atoms with E-state index in [2.05, 4.69) is 17.4 Å². The summed E-state index contributed by atoms with van der Waals surface area (Å²) in [6.45, 7) is 4.55. The Balaban J connectivity index is 2.06. The Hall–Kier alpha value is -2.13. The molecule has 0 saturated heterocycles. The number of amides is 1. The Morgan fingerprint density at radius 3 is 2.57 bits per heavy atom. The van der Waals surface area contributed by atoms with Gasteiger partial charge in [-0.2, -0.15) is 0 Å². The minimum absolute atomic E-state index is 0.0239. The molecule has 21 heavy (non-hydrogen) atoms. The summed E-state index contributed by atoms with van der Waals surface area (Å²) in [4.78, 5) is 12.3. The van der Waals surface area contributed by atoms with Crippen LogP contribution in [0.3, 0.4) is 0 Å². The van der Waals surface area contributed by atoms with Crippen LogP contribution in [-0.4, -0.2) is 13.0 Å². The highest BCUT2D eigenvalue weighted by atomic mass is 16.5. The lowest BCUT2D eigenvalue weighted by Gasteiger charge is -2.15. The Bertz CT molecular complexity index is 605. The van der Waals surface area contributed by atoms with Gasteiger partial charge < -0.3 is 10.1 Å². The number of benzene rings is 2. The van der Waals surface area contributed by atoms with Gasteiger partial charge in [0, 0.05) is 12.7 Å². The van der Waals surface area contributed by atoms with Crippen molar-refractivity contribution in [2.45, 2.75) is 26.5 Å². The summed E-state index contributed by atoms with van der Waals surface area (Å²) in [6, 6.07) is 15.7. The summed E-state index contributed by atoms with van der Waals surface area (Å²) >= 11 is 0. The molecule has 3 heteroatoms. The molecule has 0 saturated carbocycles. The van der Waals surface area contributed by atoms with E-state index in [1.165, 1.54) is 5.56 Å². The molecule has 0 fully saturated rings. The number of methoxy groups -OCH3 is 1. The molecule has 0 spiro atoms. The highest BCUT2D eigenvalue weighted by Gasteiger charge is 2.11. The van der Waals surface area contributed by atoms with Gasteiger partial charge in [-0.15, -0.1) is 0 Å². The molecular weight excluding hydrogens is 262 g/mol. The van der Waals surface area contributed by atoms with Crippen molar-refractivity contribution in [2.24, 2.45) is 0 Å². The number of carbonyl (C=O) groups excluding carboxylic acids is 1. The van der Waals surface area contributed by atoms with Crippen molar-refractivity contribution in [2.75, 3.05) is 7.11 Å². The second-order valence-corrected chi connectivity index (χ2v) is 5.24. The highest BCUT2D eigenvalue weighted by Crippen LogP contribution is 2.14. The van der Waals surface area contributed by atoms with Gasteiger partial charge in [-0.3, -0.25) is 4.79 Å². The second kappa shape index (κ2) is 7.04. The predicted molar refractivity (Wildman–Crippen MR) is 84.2 cm³/mol. The van der Waals surface area contributed by atoms with E-state index >= 15 is 0 Å². The Morgan fingerprint density at radius 2 is 1.90 bits per heavy atom. The summed E-state index contributed by atoms with van der Waals surface area (Å²) in [5.41, 5.74) is 3.96. The fourth-order valence-corrected chi connectivity index (χ4v) is 2.19.